The van der Waals surface area contributed by atoms with E-state index in [2.05, 4.69) is 4.99 Å². The molecule has 2 aromatic heterocycles. The van der Waals surface area contributed by atoms with Gasteiger partial charge in [0.1, 0.15) is 17.6 Å². The van der Waals surface area contributed by atoms with Crippen LogP contribution < -0.4 is 14.9 Å². The third kappa shape index (κ3) is 5.24. The molecule has 0 amide bonds. The summed E-state index contributed by atoms with van der Waals surface area (Å²) < 4.78 is 12.8. The van der Waals surface area contributed by atoms with Crippen LogP contribution in [0.4, 0.5) is 0 Å². The Morgan fingerprint density at radius 2 is 1.78 bits per heavy atom. The van der Waals surface area contributed by atoms with E-state index in [1.807, 2.05) is 0 Å². The number of benzene rings is 2. The number of carbonyl (C=O) groups excluding carboxylic acids is 1. The van der Waals surface area contributed by atoms with Gasteiger partial charge in [-0.05, 0) is 55.8 Å². The Kier molecular flexibility index (Phi) is 7.48. The molecule has 2 N–H and O–H groups in total. The number of hydrogen-bond acceptors (Lipinski definition) is 8. The molecular formula is C29H21ClN2O8S. The van der Waals surface area contributed by atoms with Crippen molar-refractivity contribution in [1.82, 2.24) is 4.57 Å². The Balaban J connectivity index is 1.63. The standard InChI is InChI=1S/C29H21ClN2O8S/c1-3-39-28(38)23-14(2)31-29-32(24(23)19-6-4-5-7-20(19)30)25(33)22(41-29)13-18-8-9-21(40-18)15-10-16(26(34)35)12-17(11-15)27(36)37/h4-13,24H,3H2,1-2H3,(H,34,35)(H,36,37)/b22-13-/t24-/m1/s1. The second kappa shape index (κ2) is 11.0. The molecule has 0 fully saturated rings. The highest BCUT2D eigenvalue weighted by atomic mass is 35.5. The zero-order chi connectivity index (χ0) is 29.4. The number of nitrogens with zero attached hydrogens (tertiary/aromatic N) is 2. The number of furan rings is 1. The lowest BCUT2D eigenvalue weighted by Crippen LogP contribution is -2.40. The number of carboxylic acid groups (broad SMARTS) is 2. The van der Waals surface area contributed by atoms with E-state index in [1.54, 1.807) is 50.2 Å². The van der Waals surface area contributed by atoms with Crippen LogP contribution in [0.3, 0.4) is 0 Å². The first-order chi connectivity index (χ1) is 19.6. The van der Waals surface area contributed by atoms with Crippen LogP contribution in [-0.2, 0) is 9.53 Å². The molecule has 1 aliphatic heterocycles. The average molecular weight is 593 g/mol. The Bertz CT molecular complexity index is 1920. The Hall–Kier alpha value is -4.74. The van der Waals surface area contributed by atoms with Crippen molar-refractivity contribution in [2.45, 2.75) is 19.9 Å². The molecule has 0 spiro atoms. The minimum Gasteiger partial charge on any atom is -0.478 e. The van der Waals surface area contributed by atoms with E-state index >= 15 is 0 Å². The number of rotatable bonds is 7. The minimum absolute atomic E-state index is 0.138. The van der Waals surface area contributed by atoms with E-state index in [1.165, 1.54) is 22.8 Å². The van der Waals surface area contributed by atoms with E-state index < -0.39 is 29.5 Å². The molecule has 4 aromatic rings. The molecule has 1 atom stereocenters. The largest absolute Gasteiger partial charge is 0.478 e. The number of fused-ring (bicyclic) bond motifs is 1. The highest BCUT2D eigenvalue weighted by molar-refractivity contribution is 7.07. The van der Waals surface area contributed by atoms with E-state index in [0.717, 1.165) is 17.4 Å². The van der Waals surface area contributed by atoms with Crippen molar-refractivity contribution in [3.63, 3.8) is 0 Å². The van der Waals surface area contributed by atoms with Gasteiger partial charge in [0.05, 0.1) is 33.5 Å². The summed E-state index contributed by atoms with van der Waals surface area (Å²) in [6.45, 7) is 3.49. The number of aromatic carboxylic acids is 2. The molecule has 0 aliphatic carbocycles. The van der Waals surface area contributed by atoms with Gasteiger partial charge < -0.3 is 19.4 Å². The Morgan fingerprint density at radius 3 is 2.41 bits per heavy atom. The number of carboxylic acids is 2. The summed E-state index contributed by atoms with van der Waals surface area (Å²) in [7, 11) is 0. The molecule has 208 valence electrons. The lowest BCUT2D eigenvalue weighted by Gasteiger charge is -2.25. The van der Waals surface area contributed by atoms with Crippen molar-refractivity contribution >= 4 is 46.9 Å². The van der Waals surface area contributed by atoms with Crippen LogP contribution in [0.5, 0.6) is 0 Å². The van der Waals surface area contributed by atoms with E-state index in [0.29, 0.717) is 21.1 Å². The highest BCUT2D eigenvalue weighted by Crippen LogP contribution is 2.34. The molecule has 5 rings (SSSR count). The molecular weight excluding hydrogens is 572 g/mol. The van der Waals surface area contributed by atoms with Crippen LogP contribution in [0.1, 0.15) is 51.9 Å². The maximum absolute atomic E-state index is 13.8. The predicted octanol–water partition coefficient (Wildman–Crippen LogP) is 4.11. The van der Waals surface area contributed by atoms with Crippen molar-refractivity contribution in [2.75, 3.05) is 6.61 Å². The number of halogens is 1. The molecule has 0 saturated carbocycles. The quantitative estimate of drug-likeness (QED) is 0.305. The first kappa shape index (κ1) is 27.8. The molecule has 0 bridgehead atoms. The van der Waals surface area contributed by atoms with Crippen molar-refractivity contribution in [3.05, 3.63) is 113 Å². The summed E-state index contributed by atoms with van der Waals surface area (Å²) in [4.78, 5) is 54.6. The smallest absolute Gasteiger partial charge is 0.338 e. The predicted molar refractivity (Wildman–Crippen MR) is 150 cm³/mol. The average Bonchev–Trinajstić information content (AvgIpc) is 3.52. The zero-order valence-corrected chi connectivity index (χ0v) is 23.2. The molecule has 1 aliphatic rings. The van der Waals surface area contributed by atoms with Crippen molar-refractivity contribution in [1.29, 1.82) is 0 Å². The van der Waals surface area contributed by atoms with Gasteiger partial charge in [0.25, 0.3) is 5.56 Å². The van der Waals surface area contributed by atoms with Crippen LogP contribution in [0.25, 0.3) is 17.4 Å². The first-order valence-electron chi connectivity index (χ1n) is 12.2. The van der Waals surface area contributed by atoms with Crippen molar-refractivity contribution in [3.8, 4) is 11.3 Å². The second-order valence-electron chi connectivity index (χ2n) is 8.94. The summed E-state index contributed by atoms with van der Waals surface area (Å²) in [5, 5.41) is 19.1. The molecule has 0 radical (unpaired) electrons. The number of aromatic nitrogens is 1. The van der Waals surface area contributed by atoms with Gasteiger partial charge in [-0.25, -0.2) is 19.4 Å². The van der Waals surface area contributed by atoms with E-state index in [9.17, 15) is 29.4 Å². The van der Waals surface area contributed by atoms with Crippen molar-refractivity contribution in [2.24, 2.45) is 4.99 Å². The zero-order valence-electron chi connectivity index (χ0n) is 21.6. The lowest BCUT2D eigenvalue weighted by atomic mass is 9.96. The van der Waals surface area contributed by atoms with Crippen LogP contribution in [0.15, 0.2) is 80.1 Å². The first-order valence-corrected chi connectivity index (χ1v) is 13.4. The molecule has 12 heteroatoms. The normalized spacial score (nSPS) is 14.9. The van der Waals surface area contributed by atoms with E-state index in [-0.39, 0.29) is 44.9 Å². The van der Waals surface area contributed by atoms with Crippen LogP contribution in [-0.4, -0.2) is 39.3 Å². The number of esters is 1. The summed E-state index contributed by atoms with van der Waals surface area (Å²) in [5.41, 5.74) is 0.522. The fraction of sp³-hybridized carbons (Fsp3) is 0.138. The monoisotopic (exact) mass is 592 g/mol. The minimum atomic E-state index is -1.28. The van der Waals surface area contributed by atoms with Gasteiger partial charge in [0.15, 0.2) is 4.80 Å². The van der Waals surface area contributed by atoms with Gasteiger partial charge in [-0.3, -0.25) is 9.36 Å². The number of thiazole rings is 1. The second-order valence-corrected chi connectivity index (χ2v) is 10.4. The number of allylic oxidation sites excluding steroid dienone is 1. The molecule has 41 heavy (non-hydrogen) atoms. The van der Waals surface area contributed by atoms with Gasteiger partial charge in [0.2, 0.25) is 0 Å². The maximum Gasteiger partial charge on any atom is 0.338 e. The van der Waals surface area contributed by atoms with Gasteiger partial charge in [0, 0.05) is 16.7 Å². The third-order valence-electron chi connectivity index (χ3n) is 6.33. The number of hydrogen-bond donors (Lipinski definition) is 2. The SMILES string of the molecule is CCOC(=O)C1=C(C)N=c2s/c(=C\c3ccc(-c4cc(C(=O)O)cc(C(=O)O)c4)o3)c(=O)n2[C@@H]1c1ccccc1Cl. The van der Waals surface area contributed by atoms with Gasteiger partial charge in [-0.15, -0.1) is 0 Å². The fourth-order valence-corrected chi connectivity index (χ4v) is 5.78. The van der Waals surface area contributed by atoms with Gasteiger partial charge in [-0.1, -0.05) is 41.1 Å². The molecule has 10 nitrogen and oxygen atoms in total. The topological polar surface area (TPSA) is 148 Å². The number of carbonyl (C=O) groups is 3. The number of ether oxygens (including phenoxy) is 1. The molecule has 3 heterocycles. The summed E-state index contributed by atoms with van der Waals surface area (Å²) in [6, 6.07) is 12.8. The van der Waals surface area contributed by atoms with Gasteiger partial charge in [-0.2, -0.15) is 0 Å². The highest BCUT2D eigenvalue weighted by Gasteiger charge is 2.34. The lowest BCUT2D eigenvalue weighted by molar-refractivity contribution is -0.139. The Labute approximate surface area is 240 Å². The molecule has 0 saturated heterocycles. The third-order valence-corrected chi connectivity index (χ3v) is 7.66. The Morgan fingerprint density at radius 1 is 1.10 bits per heavy atom. The van der Waals surface area contributed by atoms with Crippen LogP contribution >= 0.6 is 22.9 Å². The molecule has 0 unspecified atom stereocenters. The maximum atomic E-state index is 13.8. The van der Waals surface area contributed by atoms with Gasteiger partial charge >= 0.3 is 17.9 Å². The molecule has 2 aromatic carbocycles. The van der Waals surface area contributed by atoms with E-state index in [4.69, 9.17) is 20.8 Å². The van der Waals surface area contributed by atoms with Crippen LogP contribution in [0, 0.1) is 0 Å². The summed E-state index contributed by atoms with van der Waals surface area (Å²) in [5.74, 6) is -2.70. The van der Waals surface area contributed by atoms with Crippen LogP contribution in [0.2, 0.25) is 5.02 Å². The fourth-order valence-electron chi connectivity index (χ4n) is 4.51. The summed E-state index contributed by atoms with van der Waals surface area (Å²) >= 11 is 7.61. The van der Waals surface area contributed by atoms with Crippen molar-refractivity contribution < 1.29 is 33.8 Å². The summed E-state index contributed by atoms with van der Waals surface area (Å²) in [6.07, 6.45) is 1.50.